The Morgan fingerprint density at radius 1 is 1.32 bits per heavy atom. The maximum Gasteiger partial charge on any atom is 0.331 e. The molecule has 134 valence electrons. The summed E-state index contributed by atoms with van der Waals surface area (Å²) in [5, 5.41) is 7.06. The lowest BCUT2D eigenvalue weighted by atomic mass is 9.92. The van der Waals surface area contributed by atoms with E-state index < -0.39 is 11.2 Å². The van der Waals surface area contributed by atoms with Crippen molar-refractivity contribution in [3.63, 3.8) is 0 Å². The first-order chi connectivity index (χ1) is 11.9. The van der Waals surface area contributed by atoms with Crippen LogP contribution in [0.1, 0.15) is 34.6 Å². The van der Waals surface area contributed by atoms with Crippen LogP contribution >= 0.6 is 0 Å². The second-order valence-corrected chi connectivity index (χ2v) is 6.76. The van der Waals surface area contributed by atoms with E-state index in [9.17, 15) is 14.4 Å². The van der Waals surface area contributed by atoms with Gasteiger partial charge in [-0.2, -0.15) is 5.10 Å². The first-order valence-electron chi connectivity index (χ1n) is 8.43. The van der Waals surface area contributed by atoms with Gasteiger partial charge in [-0.15, -0.1) is 0 Å². The van der Waals surface area contributed by atoms with Crippen LogP contribution in [0.15, 0.2) is 21.9 Å². The van der Waals surface area contributed by atoms with Gasteiger partial charge < -0.3 is 4.90 Å². The Morgan fingerprint density at radius 2 is 2.08 bits per heavy atom. The summed E-state index contributed by atoms with van der Waals surface area (Å²) < 4.78 is 2.24. The highest BCUT2D eigenvalue weighted by Gasteiger charge is 2.27. The SMILES string of the molecule is Cc1cn[nH]c1CC1CCCN(C(=O)c2cc(=O)n(C)c(=O)n2C)C1. The molecule has 1 N–H and O–H groups in total. The molecule has 0 bridgehead atoms. The zero-order valence-electron chi connectivity index (χ0n) is 14.8. The van der Waals surface area contributed by atoms with Crippen LogP contribution in [0.4, 0.5) is 0 Å². The molecule has 3 heterocycles. The molecule has 2 aromatic rings. The molecule has 8 heteroatoms. The predicted molar refractivity (Wildman–Crippen MR) is 92.6 cm³/mol. The number of carbonyl (C=O) groups is 1. The highest BCUT2D eigenvalue weighted by molar-refractivity contribution is 5.92. The predicted octanol–water partition coefficient (Wildman–Crippen LogP) is 0.210. The summed E-state index contributed by atoms with van der Waals surface area (Å²) in [6.45, 7) is 3.27. The summed E-state index contributed by atoms with van der Waals surface area (Å²) in [4.78, 5) is 38.5. The first kappa shape index (κ1) is 17.2. The van der Waals surface area contributed by atoms with E-state index in [0.29, 0.717) is 19.0 Å². The smallest absolute Gasteiger partial charge is 0.331 e. The molecule has 3 rings (SSSR count). The Labute approximate surface area is 145 Å². The van der Waals surface area contributed by atoms with Crippen LogP contribution in [0.2, 0.25) is 0 Å². The van der Waals surface area contributed by atoms with E-state index in [-0.39, 0.29) is 11.6 Å². The van der Waals surface area contributed by atoms with E-state index in [0.717, 1.165) is 35.1 Å². The molecule has 0 radical (unpaired) electrons. The number of amides is 1. The fourth-order valence-corrected chi connectivity index (χ4v) is 3.38. The largest absolute Gasteiger partial charge is 0.337 e. The van der Waals surface area contributed by atoms with E-state index in [1.807, 2.05) is 6.92 Å². The number of rotatable bonds is 3. The summed E-state index contributed by atoms with van der Waals surface area (Å²) in [6.07, 6.45) is 4.59. The lowest BCUT2D eigenvalue weighted by Gasteiger charge is -2.33. The third kappa shape index (κ3) is 3.29. The Hall–Kier alpha value is -2.64. The summed E-state index contributed by atoms with van der Waals surface area (Å²) in [6, 6.07) is 1.24. The maximum atomic E-state index is 12.8. The van der Waals surface area contributed by atoms with Crippen molar-refractivity contribution >= 4 is 5.91 Å². The van der Waals surface area contributed by atoms with Crippen LogP contribution in [0, 0.1) is 12.8 Å². The van der Waals surface area contributed by atoms with Crippen LogP contribution in [0.3, 0.4) is 0 Å². The van der Waals surface area contributed by atoms with Crippen LogP contribution in [-0.4, -0.2) is 43.2 Å². The molecular formula is C17H23N5O3. The van der Waals surface area contributed by atoms with Crippen molar-refractivity contribution in [3.8, 4) is 0 Å². The van der Waals surface area contributed by atoms with E-state index in [4.69, 9.17) is 0 Å². The minimum Gasteiger partial charge on any atom is -0.337 e. The molecular weight excluding hydrogens is 322 g/mol. The van der Waals surface area contributed by atoms with Gasteiger partial charge in [0.1, 0.15) is 5.69 Å². The van der Waals surface area contributed by atoms with Gasteiger partial charge in [-0.25, -0.2) is 4.79 Å². The lowest BCUT2D eigenvalue weighted by Crippen LogP contribution is -2.45. The molecule has 1 saturated heterocycles. The summed E-state index contributed by atoms with van der Waals surface area (Å²) in [5.74, 6) is 0.0729. The van der Waals surface area contributed by atoms with Crippen molar-refractivity contribution in [2.45, 2.75) is 26.2 Å². The molecule has 0 aliphatic carbocycles. The fraction of sp³-hybridized carbons (Fsp3) is 0.529. The normalized spacial score (nSPS) is 17.7. The van der Waals surface area contributed by atoms with Crippen LogP contribution in [0.5, 0.6) is 0 Å². The molecule has 0 saturated carbocycles. The zero-order valence-corrected chi connectivity index (χ0v) is 14.8. The van der Waals surface area contributed by atoms with Gasteiger partial charge in [-0.1, -0.05) is 0 Å². The number of hydrogen-bond acceptors (Lipinski definition) is 4. The van der Waals surface area contributed by atoms with E-state index in [2.05, 4.69) is 10.2 Å². The van der Waals surface area contributed by atoms with Crippen molar-refractivity contribution in [3.05, 3.63) is 50.1 Å². The average Bonchev–Trinajstić information content (AvgIpc) is 3.00. The van der Waals surface area contributed by atoms with E-state index >= 15 is 0 Å². The number of hydrogen-bond donors (Lipinski definition) is 1. The second kappa shape index (κ2) is 6.70. The van der Waals surface area contributed by atoms with Gasteiger partial charge in [-0.05, 0) is 37.7 Å². The van der Waals surface area contributed by atoms with Crippen molar-refractivity contribution in [2.75, 3.05) is 13.1 Å². The van der Waals surface area contributed by atoms with Gasteiger partial charge in [-0.3, -0.25) is 23.8 Å². The number of aryl methyl sites for hydroxylation is 1. The summed E-state index contributed by atoms with van der Waals surface area (Å²) >= 11 is 0. The number of nitrogens with zero attached hydrogens (tertiary/aromatic N) is 4. The molecule has 1 fully saturated rings. The Balaban J connectivity index is 1.80. The lowest BCUT2D eigenvalue weighted by molar-refractivity contribution is 0.0660. The first-order valence-corrected chi connectivity index (χ1v) is 8.43. The monoisotopic (exact) mass is 345 g/mol. The third-order valence-corrected chi connectivity index (χ3v) is 4.98. The topological polar surface area (TPSA) is 93.0 Å². The number of nitrogens with one attached hydrogen (secondary N) is 1. The van der Waals surface area contributed by atoms with Crippen LogP contribution < -0.4 is 11.2 Å². The molecule has 2 aromatic heterocycles. The van der Waals surface area contributed by atoms with Gasteiger partial charge in [0.15, 0.2) is 0 Å². The zero-order chi connectivity index (χ0) is 18.1. The summed E-state index contributed by atoms with van der Waals surface area (Å²) in [5.41, 5.74) is 1.41. The van der Waals surface area contributed by atoms with E-state index in [1.54, 1.807) is 11.1 Å². The highest BCUT2D eigenvalue weighted by Crippen LogP contribution is 2.22. The molecule has 25 heavy (non-hydrogen) atoms. The van der Waals surface area contributed by atoms with Gasteiger partial charge in [0.2, 0.25) is 0 Å². The van der Waals surface area contributed by atoms with Gasteiger partial charge in [0.05, 0.1) is 6.20 Å². The van der Waals surface area contributed by atoms with Crippen LogP contribution in [0.25, 0.3) is 0 Å². The number of piperidine rings is 1. The van der Waals surface area contributed by atoms with Crippen LogP contribution in [-0.2, 0) is 20.5 Å². The number of aromatic nitrogens is 4. The minimum absolute atomic E-state index is 0.145. The molecule has 1 aliphatic heterocycles. The fourth-order valence-electron chi connectivity index (χ4n) is 3.38. The number of carbonyl (C=O) groups excluding carboxylic acids is 1. The number of aromatic amines is 1. The van der Waals surface area contributed by atoms with Gasteiger partial charge >= 0.3 is 5.69 Å². The molecule has 0 aromatic carbocycles. The van der Waals surface area contributed by atoms with Crippen molar-refractivity contribution in [1.29, 1.82) is 0 Å². The molecule has 0 spiro atoms. The Kier molecular flexibility index (Phi) is 4.61. The Bertz CT molecular complexity index is 908. The Morgan fingerprint density at radius 3 is 2.76 bits per heavy atom. The molecule has 8 nitrogen and oxygen atoms in total. The molecule has 1 unspecified atom stereocenters. The van der Waals surface area contributed by atoms with Crippen molar-refractivity contribution < 1.29 is 4.79 Å². The standard InChI is InChI=1S/C17H23N5O3/c1-11-9-18-19-13(11)7-12-5-4-6-22(10-12)16(24)14-8-15(23)21(3)17(25)20(14)2/h8-9,12H,4-7,10H2,1-3H3,(H,18,19). The van der Waals surface area contributed by atoms with E-state index in [1.165, 1.54) is 24.7 Å². The third-order valence-electron chi connectivity index (χ3n) is 4.98. The number of H-pyrrole nitrogens is 1. The number of likely N-dealkylation sites (tertiary alicyclic amines) is 1. The van der Waals surface area contributed by atoms with Crippen molar-refractivity contribution in [2.24, 2.45) is 20.0 Å². The summed E-state index contributed by atoms with van der Waals surface area (Å²) in [7, 11) is 2.92. The highest BCUT2D eigenvalue weighted by atomic mass is 16.2. The maximum absolute atomic E-state index is 12.8. The average molecular weight is 345 g/mol. The minimum atomic E-state index is -0.488. The molecule has 1 aliphatic rings. The van der Waals surface area contributed by atoms with Gasteiger partial charge in [0.25, 0.3) is 11.5 Å². The molecule has 1 atom stereocenters. The quantitative estimate of drug-likeness (QED) is 0.861. The van der Waals surface area contributed by atoms with Crippen molar-refractivity contribution in [1.82, 2.24) is 24.2 Å². The second-order valence-electron chi connectivity index (χ2n) is 6.76. The molecule has 1 amide bonds. The van der Waals surface area contributed by atoms with Gasteiger partial charge in [0, 0.05) is 38.9 Å².